The summed E-state index contributed by atoms with van der Waals surface area (Å²) >= 11 is 3.29. The van der Waals surface area contributed by atoms with Crippen molar-refractivity contribution in [1.82, 2.24) is 24.9 Å². The number of benzene rings is 2. The van der Waals surface area contributed by atoms with Gasteiger partial charge >= 0.3 is 12.1 Å². The van der Waals surface area contributed by atoms with Gasteiger partial charge in [-0.15, -0.1) is 0 Å². The molecule has 1 aliphatic rings. The van der Waals surface area contributed by atoms with Gasteiger partial charge in [0.1, 0.15) is 0 Å². The summed E-state index contributed by atoms with van der Waals surface area (Å²) in [4.78, 5) is 31.4. The van der Waals surface area contributed by atoms with Crippen molar-refractivity contribution in [1.29, 1.82) is 0 Å². The molecular formula is C25H17BrF5N5O4. The molecule has 0 aliphatic carbocycles. The molecule has 2 aromatic carbocycles. The molecular weight excluding hydrogens is 609 g/mol. The Morgan fingerprint density at radius 1 is 1.05 bits per heavy atom. The van der Waals surface area contributed by atoms with Crippen molar-refractivity contribution in [2.75, 3.05) is 13.1 Å². The first-order valence-electron chi connectivity index (χ1n) is 11.6. The van der Waals surface area contributed by atoms with Crippen LogP contribution in [0.1, 0.15) is 16.8 Å². The van der Waals surface area contributed by atoms with Gasteiger partial charge in [-0.1, -0.05) is 34.1 Å². The van der Waals surface area contributed by atoms with Crippen molar-refractivity contribution in [2.45, 2.75) is 24.6 Å². The number of carbonyl (C=O) groups is 2. The van der Waals surface area contributed by atoms with Crippen LogP contribution >= 0.6 is 15.9 Å². The normalized spacial score (nSPS) is 17.1. The van der Waals surface area contributed by atoms with Crippen LogP contribution in [0.25, 0.3) is 16.6 Å². The van der Waals surface area contributed by atoms with Crippen molar-refractivity contribution in [2.24, 2.45) is 0 Å². The number of nitrogens with zero attached hydrogens (tertiary/aromatic N) is 5. The minimum Gasteiger partial charge on any atom is -0.463 e. The minimum absolute atomic E-state index is 0.109. The Morgan fingerprint density at radius 3 is 2.50 bits per heavy atom. The Morgan fingerprint density at radius 2 is 1.77 bits per heavy atom. The number of pyridine rings is 1. The molecule has 1 aliphatic heterocycles. The number of hydrogen-bond acceptors (Lipinski definition) is 7. The SMILES string of the molecule is O=C(c1cc(Br)ccc1-n1nccn1)N1CCC(F)(F)C(Oc2nc3ccccc3cc2OC(=O)C(F)(F)F)C1. The van der Waals surface area contributed by atoms with Gasteiger partial charge in [0, 0.05) is 22.8 Å². The molecule has 1 saturated heterocycles. The van der Waals surface area contributed by atoms with E-state index >= 15 is 8.78 Å². The molecule has 3 heterocycles. The molecule has 40 heavy (non-hydrogen) atoms. The first-order valence-corrected chi connectivity index (χ1v) is 12.4. The van der Waals surface area contributed by atoms with Crippen molar-refractivity contribution >= 4 is 38.7 Å². The number of likely N-dealkylation sites (tertiary alicyclic amines) is 1. The molecule has 4 aromatic rings. The zero-order valence-corrected chi connectivity index (χ0v) is 21.7. The third kappa shape index (κ3) is 5.59. The Kier molecular flexibility index (Phi) is 7.16. The molecule has 1 unspecified atom stereocenters. The summed E-state index contributed by atoms with van der Waals surface area (Å²) in [7, 11) is 0. The van der Waals surface area contributed by atoms with E-state index in [4.69, 9.17) is 4.74 Å². The van der Waals surface area contributed by atoms with Gasteiger partial charge in [0.25, 0.3) is 17.7 Å². The zero-order valence-electron chi connectivity index (χ0n) is 20.1. The van der Waals surface area contributed by atoms with Gasteiger partial charge < -0.3 is 14.4 Å². The van der Waals surface area contributed by atoms with Crippen LogP contribution in [-0.2, 0) is 4.79 Å². The Bertz CT molecular complexity index is 1580. The predicted molar refractivity (Wildman–Crippen MR) is 132 cm³/mol. The second-order valence-electron chi connectivity index (χ2n) is 8.72. The second-order valence-corrected chi connectivity index (χ2v) is 9.64. The van der Waals surface area contributed by atoms with Crippen LogP contribution in [0.2, 0.25) is 0 Å². The van der Waals surface area contributed by atoms with E-state index in [2.05, 4.69) is 35.8 Å². The number of halogens is 6. The van der Waals surface area contributed by atoms with Gasteiger partial charge in [-0.25, -0.2) is 18.6 Å². The minimum atomic E-state index is -5.36. The van der Waals surface area contributed by atoms with E-state index in [1.165, 1.54) is 35.4 Å². The second kappa shape index (κ2) is 10.4. The predicted octanol–water partition coefficient (Wildman–Crippen LogP) is 4.97. The van der Waals surface area contributed by atoms with Crippen LogP contribution in [-0.4, -0.2) is 68.0 Å². The van der Waals surface area contributed by atoms with E-state index in [-0.39, 0.29) is 23.0 Å². The zero-order chi connectivity index (χ0) is 28.7. The van der Waals surface area contributed by atoms with Gasteiger partial charge in [0.05, 0.1) is 35.7 Å². The molecule has 0 saturated carbocycles. The van der Waals surface area contributed by atoms with Crippen LogP contribution in [0, 0.1) is 0 Å². The Hall–Kier alpha value is -4.14. The number of amides is 1. The summed E-state index contributed by atoms with van der Waals surface area (Å²) in [5.41, 5.74) is 0.602. The molecule has 0 radical (unpaired) electrons. The van der Waals surface area contributed by atoms with Crippen LogP contribution in [0.3, 0.4) is 0 Å². The van der Waals surface area contributed by atoms with E-state index in [1.807, 2.05) is 0 Å². The number of aromatic nitrogens is 4. The smallest absolute Gasteiger partial charge is 0.463 e. The quantitative estimate of drug-likeness (QED) is 0.228. The molecule has 2 aromatic heterocycles. The van der Waals surface area contributed by atoms with Crippen molar-refractivity contribution in [3.05, 3.63) is 71.0 Å². The van der Waals surface area contributed by atoms with E-state index in [0.29, 0.717) is 10.2 Å². The molecule has 15 heteroatoms. The third-order valence-corrected chi connectivity index (χ3v) is 6.52. The van der Waals surface area contributed by atoms with Gasteiger partial charge in [-0.05, 0) is 30.3 Å². The summed E-state index contributed by atoms with van der Waals surface area (Å²) < 4.78 is 79.2. The number of piperidine rings is 1. The molecule has 1 fully saturated rings. The summed E-state index contributed by atoms with van der Waals surface area (Å²) in [5, 5.41) is 8.32. The average Bonchev–Trinajstić information content (AvgIpc) is 3.44. The number of fused-ring (bicyclic) bond motifs is 1. The molecule has 208 valence electrons. The highest BCUT2D eigenvalue weighted by Gasteiger charge is 2.48. The number of alkyl halides is 5. The monoisotopic (exact) mass is 625 g/mol. The number of rotatable bonds is 5. The van der Waals surface area contributed by atoms with E-state index in [0.717, 1.165) is 11.0 Å². The highest BCUT2D eigenvalue weighted by Crippen LogP contribution is 2.37. The summed E-state index contributed by atoms with van der Waals surface area (Å²) in [6.45, 7) is -0.989. The first kappa shape index (κ1) is 27.4. The highest BCUT2D eigenvalue weighted by atomic mass is 79.9. The van der Waals surface area contributed by atoms with Gasteiger partial charge in [-0.2, -0.15) is 28.2 Å². The molecule has 0 N–H and O–H groups in total. The third-order valence-electron chi connectivity index (χ3n) is 6.03. The molecule has 1 atom stereocenters. The van der Waals surface area contributed by atoms with Crippen molar-refractivity contribution in [3.63, 3.8) is 0 Å². The number of esters is 1. The maximum absolute atomic E-state index is 15.0. The number of para-hydroxylation sites is 1. The maximum Gasteiger partial charge on any atom is 0.491 e. The fourth-order valence-electron chi connectivity index (χ4n) is 4.07. The van der Waals surface area contributed by atoms with Crippen molar-refractivity contribution < 1.29 is 41.0 Å². The largest absolute Gasteiger partial charge is 0.491 e. The molecule has 5 rings (SSSR count). The summed E-state index contributed by atoms with van der Waals surface area (Å²) in [5.74, 6) is -8.25. The van der Waals surface area contributed by atoms with Gasteiger partial charge in [0.2, 0.25) is 0 Å². The average molecular weight is 626 g/mol. The topological polar surface area (TPSA) is 99.4 Å². The fourth-order valence-corrected chi connectivity index (χ4v) is 4.43. The Balaban J connectivity index is 1.47. The summed E-state index contributed by atoms with van der Waals surface area (Å²) in [6.07, 6.45) is -5.38. The van der Waals surface area contributed by atoms with Crippen LogP contribution in [0.4, 0.5) is 22.0 Å². The lowest BCUT2D eigenvalue weighted by molar-refractivity contribution is -0.190. The standard InChI is InChI=1S/C25H17BrF5N5O4/c26-15-5-6-18(36-32-8-9-33-36)16(12-15)22(37)35-10-7-24(27,28)20(13-35)40-21-19(39-23(38)25(29,30)31)11-14-3-1-2-4-17(14)34-21/h1-6,8-9,11-12,20H,7,10,13H2. The summed E-state index contributed by atoms with van der Waals surface area (Å²) in [6, 6.07) is 11.8. The lowest BCUT2D eigenvalue weighted by Gasteiger charge is -2.38. The molecule has 9 nitrogen and oxygen atoms in total. The van der Waals surface area contributed by atoms with Crippen LogP contribution in [0.5, 0.6) is 11.6 Å². The van der Waals surface area contributed by atoms with Crippen LogP contribution < -0.4 is 9.47 Å². The number of hydrogen-bond donors (Lipinski definition) is 0. The van der Waals surface area contributed by atoms with E-state index in [1.54, 1.807) is 24.3 Å². The molecule has 1 amide bonds. The van der Waals surface area contributed by atoms with E-state index < -0.39 is 54.7 Å². The highest BCUT2D eigenvalue weighted by molar-refractivity contribution is 9.10. The lowest BCUT2D eigenvalue weighted by atomic mass is 10.0. The molecule has 0 spiro atoms. The number of carbonyl (C=O) groups excluding carboxylic acids is 2. The van der Waals surface area contributed by atoms with Crippen LogP contribution in [0.15, 0.2) is 65.4 Å². The van der Waals surface area contributed by atoms with Crippen molar-refractivity contribution in [3.8, 4) is 17.3 Å². The van der Waals surface area contributed by atoms with Gasteiger partial charge in [0.15, 0.2) is 11.9 Å². The maximum atomic E-state index is 15.0. The number of ether oxygens (including phenoxy) is 2. The fraction of sp³-hybridized carbons (Fsp3) is 0.240. The lowest BCUT2D eigenvalue weighted by Crippen LogP contribution is -2.55. The first-order chi connectivity index (χ1) is 18.9. The Labute approximate surface area is 230 Å². The molecule has 0 bridgehead atoms. The van der Waals surface area contributed by atoms with E-state index in [9.17, 15) is 22.8 Å². The van der Waals surface area contributed by atoms with Gasteiger partial charge in [-0.3, -0.25) is 4.79 Å².